The van der Waals surface area contributed by atoms with E-state index in [9.17, 15) is 9.18 Å². The molecule has 2 aromatic carbocycles. The quantitative estimate of drug-likeness (QED) is 0.414. The molecule has 164 valence electrons. The van der Waals surface area contributed by atoms with Gasteiger partial charge in [0.1, 0.15) is 23.5 Å². The number of hydrogen-bond donors (Lipinski definition) is 2. The highest BCUT2D eigenvalue weighted by molar-refractivity contribution is 6.04. The molecule has 8 heteroatoms. The summed E-state index contributed by atoms with van der Waals surface area (Å²) in [6, 6.07) is 18.3. The summed E-state index contributed by atoms with van der Waals surface area (Å²) < 4.78 is 20.0. The molecular weight excluding hydrogens is 421 g/mol. The van der Waals surface area contributed by atoms with E-state index in [-0.39, 0.29) is 11.5 Å². The Balaban J connectivity index is 1.63. The summed E-state index contributed by atoms with van der Waals surface area (Å²) in [4.78, 5) is 21.4. The van der Waals surface area contributed by atoms with Crippen LogP contribution < -0.4 is 15.8 Å². The number of carbonyl (C=O) groups is 1. The third kappa shape index (κ3) is 4.95. The van der Waals surface area contributed by atoms with Crippen molar-refractivity contribution in [2.45, 2.75) is 6.42 Å². The van der Waals surface area contributed by atoms with Gasteiger partial charge in [0.25, 0.3) is 5.91 Å². The second kappa shape index (κ2) is 9.85. The number of nitrogens with one attached hydrogen (secondary N) is 1. The van der Waals surface area contributed by atoms with Crippen LogP contribution in [0.5, 0.6) is 5.75 Å². The van der Waals surface area contributed by atoms with Gasteiger partial charge in [-0.25, -0.2) is 14.4 Å². The molecular formula is C25H20FN5O2. The molecule has 0 aliphatic carbocycles. The summed E-state index contributed by atoms with van der Waals surface area (Å²) in [6.45, 7) is 0.786. The molecule has 7 nitrogen and oxygen atoms in total. The maximum Gasteiger partial charge on any atom is 0.256 e. The Morgan fingerprint density at radius 1 is 1.15 bits per heavy atom. The molecule has 3 N–H and O–H groups in total. The summed E-state index contributed by atoms with van der Waals surface area (Å²) in [7, 11) is 0. The van der Waals surface area contributed by atoms with E-state index < -0.39 is 5.82 Å². The molecule has 0 fully saturated rings. The molecule has 0 aliphatic heterocycles. The lowest BCUT2D eigenvalue weighted by molar-refractivity contribution is 0.102. The SMILES string of the molecule is N#Cc1ccc(-c2ccc(C(=O)Nc3ccc4cccnc4n3)cc2OCCCN)cc1F. The number of amides is 1. The van der Waals surface area contributed by atoms with Crippen molar-refractivity contribution in [2.75, 3.05) is 18.5 Å². The standard InChI is InChI=1S/C25H20FN5O2/c26-21-13-17(4-5-19(21)15-28)20-8-6-18(14-22(20)33-12-2-10-27)25(32)31-23-9-7-16-3-1-11-29-24(16)30-23/h1,3-9,11,13-14H,2,10,12,27H2,(H,29,30,31,32). The number of carbonyl (C=O) groups excluding carboxylic acids is 1. The number of aromatic nitrogens is 2. The molecule has 0 unspecified atom stereocenters. The lowest BCUT2D eigenvalue weighted by Gasteiger charge is -2.14. The van der Waals surface area contributed by atoms with Gasteiger partial charge in [0.15, 0.2) is 5.65 Å². The first-order valence-corrected chi connectivity index (χ1v) is 10.3. The molecule has 0 aliphatic rings. The molecule has 0 saturated carbocycles. The molecule has 0 spiro atoms. The van der Waals surface area contributed by atoms with E-state index in [4.69, 9.17) is 15.7 Å². The number of ether oxygens (including phenoxy) is 1. The number of benzene rings is 2. The first-order chi connectivity index (χ1) is 16.1. The van der Waals surface area contributed by atoms with E-state index in [1.54, 1.807) is 42.6 Å². The average molecular weight is 441 g/mol. The van der Waals surface area contributed by atoms with Crippen LogP contribution in [0.1, 0.15) is 22.3 Å². The van der Waals surface area contributed by atoms with Crippen LogP contribution in [-0.4, -0.2) is 29.0 Å². The Morgan fingerprint density at radius 3 is 2.82 bits per heavy atom. The van der Waals surface area contributed by atoms with E-state index in [2.05, 4.69) is 15.3 Å². The van der Waals surface area contributed by atoms with Crippen LogP contribution in [0.15, 0.2) is 66.9 Å². The molecule has 0 bridgehead atoms. The fourth-order valence-corrected chi connectivity index (χ4v) is 3.27. The number of pyridine rings is 2. The van der Waals surface area contributed by atoms with Crippen molar-refractivity contribution in [3.8, 4) is 22.9 Å². The predicted molar refractivity (Wildman–Crippen MR) is 123 cm³/mol. The Hall–Kier alpha value is -4.35. The maximum absolute atomic E-state index is 14.2. The lowest BCUT2D eigenvalue weighted by Crippen LogP contribution is -2.14. The van der Waals surface area contributed by atoms with Crippen molar-refractivity contribution >= 4 is 22.8 Å². The number of fused-ring (bicyclic) bond motifs is 1. The van der Waals surface area contributed by atoms with Crippen LogP contribution in [0.25, 0.3) is 22.2 Å². The minimum atomic E-state index is -0.624. The van der Waals surface area contributed by atoms with Crippen LogP contribution in [0.4, 0.5) is 10.2 Å². The Bertz CT molecular complexity index is 1370. The first kappa shape index (κ1) is 21.9. The fraction of sp³-hybridized carbons (Fsp3) is 0.120. The zero-order chi connectivity index (χ0) is 23.2. The van der Waals surface area contributed by atoms with Crippen LogP contribution in [0, 0.1) is 17.1 Å². The van der Waals surface area contributed by atoms with Gasteiger partial charge in [-0.2, -0.15) is 5.26 Å². The molecule has 0 saturated heterocycles. The normalized spacial score (nSPS) is 10.6. The molecule has 4 aromatic rings. The van der Waals surface area contributed by atoms with Crippen LogP contribution in [0.3, 0.4) is 0 Å². The zero-order valence-corrected chi connectivity index (χ0v) is 17.6. The smallest absolute Gasteiger partial charge is 0.256 e. The Kier molecular flexibility index (Phi) is 6.53. The van der Waals surface area contributed by atoms with Gasteiger partial charge in [-0.05, 0) is 73.1 Å². The summed E-state index contributed by atoms with van der Waals surface area (Å²) in [5.74, 6) is -0.219. The summed E-state index contributed by atoms with van der Waals surface area (Å²) in [5.41, 5.74) is 7.52. The number of nitriles is 1. The molecule has 4 rings (SSSR count). The minimum Gasteiger partial charge on any atom is -0.493 e. The van der Waals surface area contributed by atoms with E-state index in [1.165, 1.54) is 12.1 Å². The van der Waals surface area contributed by atoms with Crippen molar-refractivity contribution in [3.63, 3.8) is 0 Å². The van der Waals surface area contributed by atoms with Gasteiger partial charge in [-0.3, -0.25) is 4.79 Å². The van der Waals surface area contributed by atoms with Gasteiger partial charge in [0, 0.05) is 22.7 Å². The average Bonchev–Trinajstić information content (AvgIpc) is 2.84. The Labute approximate surface area is 189 Å². The van der Waals surface area contributed by atoms with E-state index in [0.29, 0.717) is 53.5 Å². The van der Waals surface area contributed by atoms with Crippen molar-refractivity contribution in [1.29, 1.82) is 5.26 Å². The minimum absolute atomic E-state index is 0.0438. The van der Waals surface area contributed by atoms with Crippen LogP contribution >= 0.6 is 0 Å². The number of halogens is 1. The summed E-state index contributed by atoms with van der Waals surface area (Å²) in [6.07, 6.45) is 2.25. The third-order valence-electron chi connectivity index (χ3n) is 4.96. The van der Waals surface area contributed by atoms with Gasteiger partial charge < -0.3 is 15.8 Å². The van der Waals surface area contributed by atoms with Gasteiger partial charge in [0.2, 0.25) is 0 Å². The zero-order valence-electron chi connectivity index (χ0n) is 17.6. The molecule has 0 atom stereocenters. The van der Waals surface area contributed by atoms with Crippen molar-refractivity contribution in [3.05, 3.63) is 83.8 Å². The number of nitrogens with zero attached hydrogens (tertiary/aromatic N) is 3. The summed E-state index contributed by atoms with van der Waals surface area (Å²) in [5, 5.41) is 12.6. The van der Waals surface area contributed by atoms with E-state index >= 15 is 0 Å². The molecule has 33 heavy (non-hydrogen) atoms. The van der Waals surface area contributed by atoms with Crippen molar-refractivity contribution in [1.82, 2.24) is 9.97 Å². The van der Waals surface area contributed by atoms with E-state index in [0.717, 1.165) is 5.39 Å². The van der Waals surface area contributed by atoms with Crippen molar-refractivity contribution in [2.24, 2.45) is 5.73 Å². The highest BCUT2D eigenvalue weighted by atomic mass is 19.1. The highest BCUT2D eigenvalue weighted by Gasteiger charge is 2.15. The first-order valence-electron chi connectivity index (χ1n) is 10.3. The third-order valence-corrected chi connectivity index (χ3v) is 4.96. The maximum atomic E-state index is 14.2. The van der Waals surface area contributed by atoms with Crippen LogP contribution in [0.2, 0.25) is 0 Å². The van der Waals surface area contributed by atoms with Crippen LogP contribution in [-0.2, 0) is 0 Å². The van der Waals surface area contributed by atoms with Gasteiger partial charge >= 0.3 is 0 Å². The molecule has 1 amide bonds. The largest absolute Gasteiger partial charge is 0.493 e. The van der Waals surface area contributed by atoms with Crippen molar-refractivity contribution < 1.29 is 13.9 Å². The number of rotatable bonds is 7. The number of hydrogen-bond acceptors (Lipinski definition) is 6. The predicted octanol–water partition coefficient (Wildman–Crippen LogP) is 4.29. The molecule has 0 radical (unpaired) electrons. The molecule has 2 aromatic heterocycles. The monoisotopic (exact) mass is 441 g/mol. The molecule has 2 heterocycles. The second-order valence-corrected chi connectivity index (χ2v) is 7.21. The number of nitrogens with two attached hydrogens (primary N) is 1. The fourth-order valence-electron chi connectivity index (χ4n) is 3.27. The topological polar surface area (TPSA) is 114 Å². The van der Waals surface area contributed by atoms with Gasteiger partial charge in [0.05, 0.1) is 12.2 Å². The second-order valence-electron chi connectivity index (χ2n) is 7.21. The lowest BCUT2D eigenvalue weighted by atomic mass is 10.0. The van der Waals surface area contributed by atoms with Gasteiger partial charge in [-0.1, -0.05) is 6.07 Å². The van der Waals surface area contributed by atoms with Gasteiger partial charge in [-0.15, -0.1) is 0 Å². The summed E-state index contributed by atoms with van der Waals surface area (Å²) >= 11 is 0. The highest BCUT2D eigenvalue weighted by Crippen LogP contribution is 2.32. The Morgan fingerprint density at radius 2 is 2.03 bits per heavy atom. The van der Waals surface area contributed by atoms with E-state index in [1.807, 2.05) is 18.2 Å². The number of anilines is 1.